The van der Waals surface area contributed by atoms with E-state index in [4.69, 9.17) is 4.52 Å². The summed E-state index contributed by atoms with van der Waals surface area (Å²) in [6.07, 6.45) is 3.89. The Hall–Kier alpha value is -1.75. The maximum Gasteiger partial charge on any atom is 0.189 e. The van der Waals surface area contributed by atoms with E-state index in [0.717, 1.165) is 18.5 Å². The summed E-state index contributed by atoms with van der Waals surface area (Å²) in [5, 5.41) is 7.01. The fourth-order valence-corrected chi connectivity index (χ4v) is 1.51. The van der Waals surface area contributed by atoms with Gasteiger partial charge in [0.05, 0.1) is 12.4 Å². The molecule has 2 aromatic heterocycles. The number of nitrogens with zero attached hydrogens (tertiary/aromatic N) is 2. The van der Waals surface area contributed by atoms with Crippen LogP contribution in [0.25, 0.3) is 11.5 Å². The van der Waals surface area contributed by atoms with Gasteiger partial charge in [0, 0.05) is 12.1 Å². The zero-order chi connectivity index (χ0) is 12.1. The van der Waals surface area contributed by atoms with Crippen LogP contribution in [0.15, 0.2) is 29.0 Å². The molecular weight excluding hydrogens is 221 g/mol. The van der Waals surface area contributed by atoms with E-state index >= 15 is 0 Å². The van der Waals surface area contributed by atoms with E-state index in [9.17, 15) is 4.39 Å². The van der Waals surface area contributed by atoms with E-state index in [1.54, 1.807) is 12.3 Å². The van der Waals surface area contributed by atoms with Crippen molar-refractivity contribution in [1.29, 1.82) is 0 Å². The lowest BCUT2D eigenvalue weighted by atomic mass is 10.2. The molecule has 90 valence electrons. The van der Waals surface area contributed by atoms with Gasteiger partial charge in [0.25, 0.3) is 0 Å². The second-order valence-corrected chi connectivity index (χ2v) is 3.72. The molecular formula is C12H14FN3O. The van der Waals surface area contributed by atoms with Gasteiger partial charge in [-0.1, -0.05) is 12.1 Å². The summed E-state index contributed by atoms with van der Waals surface area (Å²) in [6, 6.07) is 2.94. The van der Waals surface area contributed by atoms with Crippen molar-refractivity contribution in [1.82, 2.24) is 15.5 Å². The first-order valence-electron chi connectivity index (χ1n) is 5.57. The third-order valence-corrected chi connectivity index (χ3v) is 2.35. The second-order valence-electron chi connectivity index (χ2n) is 3.72. The highest BCUT2D eigenvalue weighted by Crippen LogP contribution is 2.21. The Morgan fingerprint density at radius 3 is 2.94 bits per heavy atom. The number of aromatic nitrogens is 2. The molecule has 0 spiro atoms. The molecule has 0 bridgehead atoms. The fourth-order valence-electron chi connectivity index (χ4n) is 1.51. The van der Waals surface area contributed by atoms with Crippen molar-refractivity contribution >= 4 is 0 Å². The average molecular weight is 235 g/mol. The number of hydrogen-bond acceptors (Lipinski definition) is 4. The van der Waals surface area contributed by atoms with Gasteiger partial charge in [-0.3, -0.25) is 0 Å². The molecule has 0 aromatic carbocycles. The molecule has 5 heteroatoms. The van der Waals surface area contributed by atoms with Crippen molar-refractivity contribution < 1.29 is 8.91 Å². The summed E-state index contributed by atoms with van der Waals surface area (Å²) in [5.41, 5.74) is 1.52. The van der Waals surface area contributed by atoms with Crippen LogP contribution >= 0.6 is 0 Å². The standard InChI is InChI=1S/C12H14FN3O/c1-2-5-14-6-9-7-16-17-12(9)11-4-3-10(13)8-15-11/h3-4,7-8,14H,2,5-6H2,1H3. The van der Waals surface area contributed by atoms with Crippen molar-refractivity contribution in [2.45, 2.75) is 19.9 Å². The van der Waals surface area contributed by atoms with E-state index < -0.39 is 0 Å². The summed E-state index contributed by atoms with van der Waals surface area (Å²) in [5.74, 6) is 0.229. The molecule has 4 nitrogen and oxygen atoms in total. The van der Waals surface area contributed by atoms with Crippen LogP contribution in [0, 0.1) is 5.82 Å². The Morgan fingerprint density at radius 2 is 2.24 bits per heavy atom. The summed E-state index contributed by atoms with van der Waals surface area (Å²) in [4.78, 5) is 3.97. The first-order chi connectivity index (χ1) is 8.31. The number of rotatable bonds is 5. The largest absolute Gasteiger partial charge is 0.354 e. The first-order valence-corrected chi connectivity index (χ1v) is 5.57. The molecule has 0 unspecified atom stereocenters. The van der Waals surface area contributed by atoms with Crippen molar-refractivity contribution in [3.8, 4) is 11.5 Å². The molecule has 2 rings (SSSR count). The Bertz CT molecular complexity index is 467. The molecule has 2 heterocycles. The van der Waals surface area contributed by atoms with E-state index in [1.807, 2.05) is 0 Å². The highest BCUT2D eigenvalue weighted by molar-refractivity contribution is 5.55. The lowest BCUT2D eigenvalue weighted by Crippen LogP contribution is -2.13. The summed E-state index contributed by atoms with van der Waals surface area (Å²) in [7, 11) is 0. The van der Waals surface area contributed by atoms with Crippen LogP contribution in [0.5, 0.6) is 0 Å². The van der Waals surface area contributed by atoms with Crippen LogP contribution in [0.3, 0.4) is 0 Å². The predicted molar refractivity (Wildman–Crippen MR) is 61.7 cm³/mol. The number of hydrogen-bond donors (Lipinski definition) is 1. The van der Waals surface area contributed by atoms with Crippen LogP contribution < -0.4 is 5.32 Å². The van der Waals surface area contributed by atoms with Gasteiger partial charge in [-0.25, -0.2) is 9.37 Å². The van der Waals surface area contributed by atoms with Crippen LogP contribution in [0.4, 0.5) is 4.39 Å². The molecule has 0 saturated heterocycles. The minimum absolute atomic E-state index is 0.362. The molecule has 0 amide bonds. The van der Waals surface area contributed by atoms with Gasteiger partial charge in [0.2, 0.25) is 0 Å². The lowest BCUT2D eigenvalue weighted by molar-refractivity contribution is 0.430. The summed E-state index contributed by atoms with van der Waals surface area (Å²) in [6.45, 7) is 3.70. The van der Waals surface area contributed by atoms with Gasteiger partial charge in [-0.2, -0.15) is 0 Å². The van der Waals surface area contributed by atoms with Crippen LogP contribution in [0.2, 0.25) is 0 Å². The van der Waals surface area contributed by atoms with Crippen molar-refractivity contribution in [3.05, 3.63) is 35.9 Å². The molecule has 0 radical (unpaired) electrons. The molecule has 0 aliphatic rings. The molecule has 2 aromatic rings. The highest BCUT2D eigenvalue weighted by atomic mass is 19.1. The second kappa shape index (κ2) is 5.54. The molecule has 1 N–H and O–H groups in total. The summed E-state index contributed by atoms with van der Waals surface area (Å²) >= 11 is 0. The van der Waals surface area contributed by atoms with E-state index in [0.29, 0.717) is 18.0 Å². The molecule has 17 heavy (non-hydrogen) atoms. The van der Waals surface area contributed by atoms with Gasteiger partial charge in [0.15, 0.2) is 5.76 Å². The van der Waals surface area contributed by atoms with Gasteiger partial charge in [-0.05, 0) is 25.1 Å². The van der Waals surface area contributed by atoms with Crippen LogP contribution in [-0.4, -0.2) is 16.7 Å². The molecule has 0 aliphatic carbocycles. The maximum absolute atomic E-state index is 12.8. The summed E-state index contributed by atoms with van der Waals surface area (Å²) < 4.78 is 17.9. The zero-order valence-electron chi connectivity index (χ0n) is 9.61. The van der Waals surface area contributed by atoms with Crippen molar-refractivity contribution in [3.63, 3.8) is 0 Å². The van der Waals surface area contributed by atoms with Gasteiger partial charge < -0.3 is 9.84 Å². The van der Waals surface area contributed by atoms with E-state index in [-0.39, 0.29) is 5.82 Å². The number of pyridine rings is 1. The molecule has 0 saturated carbocycles. The molecule has 0 atom stereocenters. The zero-order valence-corrected chi connectivity index (χ0v) is 9.61. The normalized spacial score (nSPS) is 10.7. The average Bonchev–Trinajstić information content (AvgIpc) is 2.79. The monoisotopic (exact) mass is 235 g/mol. The number of nitrogens with one attached hydrogen (secondary N) is 1. The van der Waals surface area contributed by atoms with E-state index in [2.05, 4.69) is 22.4 Å². The maximum atomic E-state index is 12.8. The topological polar surface area (TPSA) is 51.0 Å². The Kier molecular flexibility index (Phi) is 3.82. The minimum Gasteiger partial charge on any atom is -0.354 e. The Morgan fingerprint density at radius 1 is 1.35 bits per heavy atom. The smallest absolute Gasteiger partial charge is 0.189 e. The highest BCUT2D eigenvalue weighted by Gasteiger charge is 2.11. The third kappa shape index (κ3) is 2.88. The molecule has 0 aliphatic heterocycles. The third-order valence-electron chi connectivity index (χ3n) is 2.35. The molecule has 0 fully saturated rings. The van der Waals surface area contributed by atoms with Gasteiger partial charge >= 0.3 is 0 Å². The predicted octanol–water partition coefficient (Wildman–Crippen LogP) is 2.38. The lowest BCUT2D eigenvalue weighted by Gasteiger charge is -2.02. The van der Waals surface area contributed by atoms with Crippen molar-refractivity contribution in [2.24, 2.45) is 0 Å². The van der Waals surface area contributed by atoms with Crippen LogP contribution in [0.1, 0.15) is 18.9 Å². The van der Waals surface area contributed by atoms with Crippen LogP contribution in [-0.2, 0) is 6.54 Å². The quantitative estimate of drug-likeness (QED) is 0.808. The fraction of sp³-hybridized carbons (Fsp3) is 0.333. The van der Waals surface area contributed by atoms with Crippen molar-refractivity contribution in [2.75, 3.05) is 6.54 Å². The van der Waals surface area contributed by atoms with Gasteiger partial charge in [0.1, 0.15) is 11.5 Å². The van der Waals surface area contributed by atoms with Gasteiger partial charge in [-0.15, -0.1) is 0 Å². The first kappa shape index (κ1) is 11.7. The Labute approximate surface area is 98.8 Å². The minimum atomic E-state index is -0.362. The Balaban J connectivity index is 2.15. The number of halogens is 1. The SMILES string of the molecule is CCCNCc1cnoc1-c1ccc(F)cn1. The van der Waals surface area contributed by atoms with E-state index in [1.165, 1.54) is 12.3 Å².